The molecular formula is C20H17NO4S. The lowest BCUT2D eigenvalue weighted by Gasteiger charge is -2.16. The predicted octanol–water partition coefficient (Wildman–Crippen LogP) is 3.91. The van der Waals surface area contributed by atoms with E-state index in [0.29, 0.717) is 16.7 Å². The average Bonchev–Trinajstić information content (AvgIpc) is 3.16. The molecule has 1 aliphatic rings. The largest absolute Gasteiger partial charge is 0.445 e. The molecule has 3 atom stereocenters. The first-order valence-corrected chi connectivity index (χ1v) is 8.97. The lowest BCUT2D eigenvalue weighted by molar-refractivity contribution is -0.0416. The number of rotatable bonds is 2. The van der Waals surface area contributed by atoms with Gasteiger partial charge in [0.25, 0.3) is 0 Å². The zero-order chi connectivity index (χ0) is 17.8. The van der Waals surface area contributed by atoms with Crippen LogP contribution in [-0.4, -0.2) is 33.6 Å². The molecule has 0 saturated carbocycles. The Kier molecular flexibility index (Phi) is 3.62. The van der Waals surface area contributed by atoms with E-state index in [-0.39, 0.29) is 12.8 Å². The summed E-state index contributed by atoms with van der Waals surface area (Å²) in [6.45, 7) is -0.202. The quantitative estimate of drug-likeness (QED) is 0.526. The SMILES string of the molecule is OCC1O[C@@H](n2c3ccccc3c3cc4ccc(=S)oc4cc32)C[C@H]1O. The molecule has 5 rings (SSSR count). The van der Waals surface area contributed by atoms with Crippen LogP contribution in [0, 0.1) is 4.71 Å². The summed E-state index contributed by atoms with van der Waals surface area (Å²) in [4.78, 5) is 0. The van der Waals surface area contributed by atoms with Crippen molar-refractivity contribution in [2.45, 2.75) is 24.9 Å². The van der Waals surface area contributed by atoms with Crippen LogP contribution >= 0.6 is 12.2 Å². The van der Waals surface area contributed by atoms with Gasteiger partial charge in [-0.1, -0.05) is 18.2 Å². The Labute approximate surface area is 154 Å². The number of aromatic nitrogens is 1. The Morgan fingerprint density at radius 2 is 1.92 bits per heavy atom. The van der Waals surface area contributed by atoms with Crippen LogP contribution in [0.5, 0.6) is 0 Å². The van der Waals surface area contributed by atoms with Gasteiger partial charge in [0.1, 0.15) is 17.9 Å². The first-order chi connectivity index (χ1) is 12.7. The standard InChI is InChI=1S/C20H17NO4S/c22-10-18-16(23)9-19(24-18)21-14-4-2-1-3-12(14)13-7-11-5-6-20(26)25-17(11)8-15(13)21/h1-8,16,18-19,22-23H,9-10H2/t16-,18?,19-/m1/s1. The summed E-state index contributed by atoms with van der Waals surface area (Å²) in [7, 11) is 0. The zero-order valence-electron chi connectivity index (χ0n) is 13.8. The highest BCUT2D eigenvalue weighted by atomic mass is 32.1. The molecule has 2 N–H and O–H groups in total. The van der Waals surface area contributed by atoms with Gasteiger partial charge in [-0.25, -0.2) is 0 Å². The molecule has 1 fully saturated rings. The number of fused-ring (bicyclic) bond motifs is 4. The number of benzene rings is 2. The van der Waals surface area contributed by atoms with Gasteiger partial charge in [0.2, 0.25) is 0 Å². The van der Waals surface area contributed by atoms with E-state index in [1.807, 2.05) is 30.3 Å². The van der Waals surface area contributed by atoms with Gasteiger partial charge in [0, 0.05) is 28.6 Å². The van der Waals surface area contributed by atoms with Crippen LogP contribution in [0.2, 0.25) is 0 Å². The minimum absolute atomic E-state index is 0.202. The molecule has 4 aromatic rings. The Balaban J connectivity index is 1.83. The minimum atomic E-state index is -0.689. The topological polar surface area (TPSA) is 67.8 Å². The summed E-state index contributed by atoms with van der Waals surface area (Å²) in [6, 6.07) is 15.9. The highest BCUT2D eigenvalue weighted by molar-refractivity contribution is 7.71. The predicted molar refractivity (Wildman–Crippen MR) is 102 cm³/mol. The van der Waals surface area contributed by atoms with Crippen LogP contribution in [-0.2, 0) is 4.74 Å². The first-order valence-electron chi connectivity index (χ1n) is 8.56. The zero-order valence-corrected chi connectivity index (χ0v) is 14.6. The third-order valence-corrected chi connectivity index (χ3v) is 5.34. The molecule has 6 heteroatoms. The normalized spacial score (nSPS) is 23.4. The lowest BCUT2D eigenvalue weighted by Crippen LogP contribution is -2.24. The number of hydrogen-bond acceptors (Lipinski definition) is 5. The number of aliphatic hydroxyl groups is 2. The maximum absolute atomic E-state index is 10.2. The average molecular weight is 367 g/mol. The highest BCUT2D eigenvalue weighted by Crippen LogP contribution is 2.39. The molecule has 2 aromatic heterocycles. The smallest absolute Gasteiger partial charge is 0.190 e. The van der Waals surface area contributed by atoms with E-state index in [4.69, 9.17) is 21.4 Å². The molecule has 2 aromatic carbocycles. The van der Waals surface area contributed by atoms with Gasteiger partial charge in [0.05, 0.1) is 23.7 Å². The van der Waals surface area contributed by atoms with Crippen molar-refractivity contribution in [3.63, 3.8) is 0 Å². The van der Waals surface area contributed by atoms with E-state index < -0.39 is 12.2 Å². The second kappa shape index (κ2) is 5.89. The van der Waals surface area contributed by atoms with Crippen molar-refractivity contribution >= 4 is 45.0 Å². The van der Waals surface area contributed by atoms with Gasteiger partial charge >= 0.3 is 0 Å². The Bertz CT molecular complexity index is 1200. The lowest BCUT2D eigenvalue weighted by atomic mass is 10.1. The molecule has 1 unspecified atom stereocenters. The third kappa shape index (κ3) is 2.30. The first kappa shape index (κ1) is 16.0. The summed E-state index contributed by atoms with van der Waals surface area (Å²) in [5.41, 5.74) is 2.69. The molecule has 132 valence electrons. The molecule has 1 aliphatic heterocycles. The number of ether oxygens (including phenoxy) is 1. The summed E-state index contributed by atoms with van der Waals surface area (Å²) in [6.07, 6.45) is -1.19. The maximum Gasteiger partial charge on any atom is 0.190 e. The van der Waals surface area contributed by atoms with E-state index in [9.17, 15) is 10.2 Å². The van der Waals surface area contributed by atoms with Crippen LogP contribution in [0.4, 0.5) is 0 Å². The molecule has 26 heavy (non-hydrogen) atoms. The molecule has 3 heterocycles. The number of aliphatic hydroxyl groups excluding tert-OH is 2. The second-order valence-electron chi connectivity index (χ2n) is 6.66. The van der Waals surface area contributed by atoms with E-state index in [1.54, 1.807) is 6.07 Å². The molecule has 5 nitrogen and oxygen atoms in total. The fourth-order valence-electron chi connectivity index (χ4n) is 3.91. The number of hydrogen-bond donors (Lipinski definition) is 2. The van der Waals surface area contributed by atoms with Gasteiger partial charge in [-0.15, -0.1) is 0 Å². The van der Waals surface area contributed by atoms with Crippen LogP contribution < -0.4 is 0 Å². The second-order valence-corrected chi connectivity index (χ2v) is 7.07. The number of nitrogens with zero attached hydrogens (tertiary/aromatic N) is 1. The van der Waals surface area contributed by atoms with Crippen LogP contribution in [0.3, 0.4) is 0 Å². The fourth-order valence-corrected chi connectivity index (χ4v) is 4.07. The van der Waals surface area contributed by atoms with Gasteiger partial charge in [-0.3, -0.25) is 0 Å². The molecule has 0 bridgehead atoms. The van der Waals surface area contributed by atoms with Crippen molar-refractivity contribution in [2.24, 2.45) is 0 Å². The van der Waals surface area contributed by atoms with Crippen LogP contribution in [0.15, 0.2) is 52.9 Å². The van der Waals surface area contributed by atoms with Crippen molar-refractivity contribution in [3.8, 4) is 0 Å². The molecular weight excluding hydrogens is 350 g/mol. The van der Waals surface area contributed by atoms with Crippen molar-refractivity contribution in [1.29, 1.82) is 0 Å². The van der Waals surface area contributed by atoms with Gasteiger partial charge in [-0.2, -0.15) is 0 Å². The molecule has 0 aliphatic carbocycles. The highest BCUT2D eigenvalue weighted by Gasteiger charge is 2.35. The monoisotopic (exact) mass is 367 g/mol. The number of para-hydroxylation sites is 1. The summed E-state index contributed by atoms with van der Waals surface area (Å²) in [5.74, 6) is 0. The van der Waals surface area contributed by atoms with Gasteiger partial charge in [0.15, 0.2) is 4.71 Å². The van der Waals surface area contributed by atoms with Crippen LogP contribution in [0.25, 0.3) is 32.8 Å². The van der Waals surface area contributed by atoms with E-state index in [2.05, 4.69) is 16.7 Å². The van der Waals surface area contributed by atoms with Crippen molar-refractivity contribution in [2.75, 3.05) is 6.61 Å². The molecule has 0 spiro atoms. The van der Waals surface area contributed by atoms with Gasteiger partial charge < -0.3 is 23.9 Å². The van der Waals surface area contributed by atoms with Crippen LogP contribution in [0.1, 0.15) is 12.6 Å². The van der Waals surface area contributed by atoms with E-state index in [1.165, 1.54) is 0 Å². The van der Waals surface area contributed by atoms with Crippen molar-refractivity contribution < 1.29 is 19.4 Å². The Morgan fingerprint density at radius 3 is 2.73 bits per heavy atom. The minimum Gasteiger partial charge on any atom is -0.445 e. The van der Waals surface area contributed by atoms with E-state index >= 15 is 0 Å². The summed E-state index contributed by atoms with van der Waals surface area (Å²) >= 11 is 5.15. The van der Waals surface area contributed by atoms with E-state index in [0.717, 1.165) is 27.2 Å². The Hall–Kier alpha value is -2.25. The van der Waals surface area contributed by atoms with Crippen molar-refractivity contribution in [1.82, 2.24) is 4.57 Å². The maximum atomic E-state index is 10.2. The summed E-state index contributed by atoms with van der Waals surface area (Å²) < 4.78 is 14.2. The Morgan fingerprint density at radius 1 is 1.08 bits per heavy atom. The molecule has 0 radical (unpaired) electrons. The fraction of sp³-hybridized carbons (Fsp3) is 0.250. The third-order valence-electron chi connectivity index (χ3n) is 5.12. The summed E-state index contributed by atoms with van der Waals surface area (Å²) in [5, 5.41) is 22.8. The molecule has 0 amide bonds. The van der Waals surface area contributed by atoms with Crippen molar-refractivity contribution in [3.05, 3.63) is 53.2 Å². The van der Waals surface area contributed by atoms with Gasteiger partial charge in [-0.05, 0) is 36.5 Å². The molecule has 1 saturated heterocycles.